The summed E-state index contributed by atoms with van der Waals surface area (Å²) in [6.45, 7) is 2.76. The number of carbonyl (C=O) groups excluding carboxylic acids is 1. The zero-order chi connectivity index (χ0) is 23.3. The van der Waals surface area contributed by atoms with Gasteiger partial charge in [0.15, 0.2) is 18.1 Å². The monoisotopic (exact) mass is 468 g/mol. The molecule has 0 saturated carbocycles. The average Bonchev–Trinajstić information content (AvgIpc) is 3.05. The number of anilines is 2. The van der Waals surface area contributed by atoms with Crippen LogP contribution in [-0.2, 0) is 14.8 Å². The zero-order valence-corrected chi connectivity index (χ0v) is 18.9. The van der Waals surface area contributed by atoms with Crippen LogP contribution < -0.4 is 24.2 Å². The van der Waals surface area contributed by atoms with Crippen LogP contribution in [0.4, 0.5) is 11.4 Å². The van der Waals surface area contributed by atoms with Crippen LogP contribution in [0.15, 0.2) is 71.6 Å². The third kappa shape index (κ3) is 5.75. The van der Waals surface area contributed by atoms with E-state index in [4.69, 9.17) is 14.2 Å². The van der Waals surface area contributed by atoms with Crippen LogP contribution in [0.3, 0.4) is 0 Å². The van der Waals surface area contributed by atoms with Crippen molar-refractivity contribution in [1.29, 1.82) is 0 Å². The van der Waals surface area contributed by atoms with Gasteiger partial charge in [0.2, 0.25) is 0 Å². The zero-order valence-electron chi connectivity index (χ0n) is 18.0. The maximum atomic E-state index is 12.8. The lowest BCUT2D eigenvalue weighted by atomic mass is 10.2. The molecule has 0 aliphatic carbocycles. The molecule has 8 nitrogen and oxygen atoms in total. The minimum absolute atomic E-state index is 0.0671. The lowest BCUT2D eigenvalue weighted by molar-refractivity contribution is -0.118. The minimum atomic E-state index is -3.83. The van der Waals surface area contributed by atoms with Gasteiger partial charge in [0, 0.05) is 23.9 Å². The number of amides is 1. The van der Waals surface area contributed by atoms with Crippen molar-refractivity contribution in [3.63, 3.8) is 0 Å². The Morgan fingerprint density at radius 2 is 1.64 bits per heavy atom. The van der Waals surface area contributed by atoms with Crippen LogP contribution in [0.2, 0.25) is 0 Å². The second-order valence-corrected chi connectivity index (χ2v) is 9.13. The molecule has 1 heterocycles. The van der Waals surface area contributed by atoms with Crippen molar-refractivity contribution in [3.05, 3.63) is 72.3 Å². The summed E-state index contributed by atoms with van der Waals surface area (Å²) < 4.78 is 44.8. The SMILES string of the molecule is Cc1ccccc1OCC(=O)Nc1ccc(NS(=O)(=O)c2ccc3c(c2)OCCCO3)cc1. The molecular weight excluding hydrogens is 444 g/mol. The molecule has 1 aliphatic rings. The molecule has 0 fully saturated rings. The molecule has 0 unspecified atom stereocenters. The molecule has 2 N–H and O–H groups in total. The molecule has 3 aromatic rings. The fourth-order valence-corrected chi connectivity index (χ4v) is 4.28. The summed E-state index contributed by atoms with van der Waals surface area (Å²) in [6.07, 6.45) is 0.732. The van der Waals surface area contributed by atoms with Crippen molar-refractivity contribution in [2.75, 3.05) is 29.9 Å². The fraction of sp³-hybridized carbons (Fsp3) is 0.208. The number of ether oxygens (including phenoxy) is 3. The highest BCUT2D eigenvalue weighted by Crippen LogP contribution is 2.32. The number of benzene rings is 3. The van der Waals surface area contributed by atoms with E-state index in [-0.39, 0.29) is 17.4 Å². The average molecular weight is 469 g/mol. The van der Waals surface area contributed by atoms with Crippen LogP contribution in [0.25, 0.3) is 0 Å². The van der Waals surface area contributed by atoms with E-state index in [9.17, 15) is 13.2 Å². The molecular formula is C24H24N2O6S. The van der Waals surface area contributed by atoms with Gasteiger partial charge in [0.25, 0.3) is 15.9 Å². The molecule has 33 heavy (non-hydrogen) atoms. The van der Waals surface area contributed by atoms with Gasteiger partial charge in [-0.15, -0.1) is 0 Å². The predicted octanol–water partition coefficient (Wildman–Crippen LogP) is 3.97. The number of nitrogens with one attached hydrogen (secondary N) is 2. The molecule has 0 bridgehead atoms. The summed E-state index contributed by atoms with van der Waals surface area (Å²) in [5, 5.41) is 2.72. The highest BCUT2D eigenvalue weighted by molar-refractivity contribution is 7.92. The van der Waals surface area contributed by atoms with Gasteiger partial charge in [-0.1, -0.05) is 18.2 Å². The topological polar surface area (TPSA) is 103 Å². The normalized spacial score (nSPS) is 13.0. The van der Waals surface area contributed by atoms with Gasteiger partial charge in [-0.2, -0.15) is 0 Å². The predicted molar refractivity (Wildman–Crippen MR) is 125 cm³/mol. The maximum Gasteiger partial charge on any atom is 0.262 e. The van der Waals surface area contributed by atoms with E-state index in [1.165, 1.54) is 12.1 Å². The van der Waals surface area contributed by atoms with E-state index >= 15 is 0 Å². The maximum absolute atomic E-state index is 12.8. The number of fused-ring (bicyclic) bond motifs is 1. The molecule has 1 aliphatic heterocycles. The van der Waals surface area contributed by atoms with Crippen molar-refractivity contribution >= 4 is 27.3 Å². The largest absolute Gasteiger partial charge is 0.490 e. The number of para-hydroxylation sites is 1. The van der Waals surface area contributed by atoms with Gasteiger partial charge >= 0.3 is 0 Å². The highest BCUT2D eigenvalue weighted by Gasteiger charge is 2.19. The molecule has 0 aromatic heterocycles. The van der Waals surface area contributed by atoms with Crippen molar-refractivity contribution < 1.29 is 27.4 Å². The fourth-order valence-electron chi connectivity index (χ4n) is 3.21. The standard InChI is InChI=1S/C24H24N2O6S/c1-17-5-2-3-6-21(17)32-16-24(27)25-18-7-9-19(10-8-18)26-33(28,29)20-11-12-22-23(15-20)31-14-4-13-30-22/h2-3,5-12,15,26H,4,13-14,16H2,1H3,(H,25,27). The summed E-state index contributed by atoms with van der Waals surface area (Å²) in [5.41, 5.74) is 1.82. The first-order valence-electron chi connectivity index (χ1n) is 10.4. The number of sulfonamides is 1. The molecule has 9 heteroatoms. The Balaban J connectivity index is 1.36. The molecule has 4 rings (SSSR count). The third-order valence-electron chi connectivity index (χ3n) is 4.90. The lowest BCUT2D eigenvalue weighted by Gasteiger charge is -2.12. The van der Waals surface area contributed by atoms with Gasteiger partial charge in [-0.05, 0) is 55.0 Å². The van der Waals surface area contributed by atoms with Crippen LogP contribution in [0.5, 0.6) is 17.2 Å². The molecule has 0 radical (unpaired) electrons. The molecule has 0 saturated heterocycles. The Hall–Kier alpha value is -3.72. The quantitative estimate of drug-likeness (QED) is 0.544. The van der Waals surface area contributed by atoms with E-state index in [0.29, 0.717) is 41.8 Å². The van der Waals surface area contributed by atoms with Crippen molar-refractivity contribution in [3.8, 4) is 17.2 Å². The Morgan fingerprint density at radius 1 is 0.939 bits per heavy atom. The Labute approximate surface area is 192 Å². The smallest absolute Gasteiger partial charge is 0.262 e. The van der Waals surface area contributed by atoms with E-state index < -0.39 is 10.0 Å². The van der Waals surface area contributed by atoms with Crippen LogP contribution >= 0.6 is 0 Å². The van der Waals surface area contributed by atoms with E-state index in [2.05, 4.69) is 10.0 Å². The van der Waals surface area contributed by atoms with Crippen LogP contribution in [0.1, 0.15) is 12.0 Å². The Bertz CT molecular complexity index is 1240. The minimum Gasteiger partial charge on any atom is -0.490 e. The van der Waals surface area contributed by atoms with Crippen molar-refractivity contribution in [1.82, 2.24) is 0 Å². The molecule has 3 aromatic carbocycles. The number of rotatable bonds is 7. The van der Waals surface area contributed by atoms with Crippen molar-refractivity contribution in [2.24, 2.45) is 0 Å². The van der Waals surface area contributed by atoms with E-state index in [1.807, 2.05) is 25.1 Å². The van der Waals surface area contributed by atoms with E-state index in [0.717, 1.165) is 12.0 Å². The van der Waals surface area contributed by atoms with Gasteiger partial charge in [0.1, 0.15) is 5.75 Å². The lowest BCUT2D eigenvalue weighted by Crippen LogP contribution is -2.20. The Kier molecular flexibility index (Phi) is 6.69. The van der Waals surface area contributed by atoms with Gasteiger partial charge in [-0.25, -0.2) is 8.42 Å². The van der Waals surface area contributed by atoms with Gasteiger partial charge in [0.05, 0.1) is 18.1 Å². The third-order valence-corrected chi connectivity index (χ3v) is 6.28. The van der Waals surface area contributed by atoms with Crippen molar-refractivity contribution in [2.45, 2.75) is 18.2 Å². The second kappa shape index (κ2) is 9.83. The molecule has 0 spiro atoms. The van der Waals surface area contributed by atoms with E-state index in [1.54, 1.807) is 36.4 Å². The highest BCUT2D eigenvalue weighted by atomic mass is 32.2. The summed E-state index contributed by atoms with van der Waals surface area (Å²) in [4.78, 5) is 12.2. The van der Waals surface area contributed by atoms with Crippen LogP contribution in [-0.4, -0.2) is 34.1 Å². The summed E-state index contributed by atoms with van der Waals surface area (Å²) >= 11 is 0. The summed E-state index contributed by atoms with van der Waals surface area (Å²) in [5.74, 6) is 1.25. The van der Waals surface area contributed by atoms with Gasteiger partial charge < -0.3 is 19.5 Å². The number of carbonyl (C=O) groups is 1. The first-order valence-corrected chi connectivity index (χ1v) is 11.9. The molecule has 0 atom stereocenters. The van der Waals surface area contributed by atoms with Crippen LogP contribution in [0, 0.1) is 6.92 Å². The first kappa shape index (κ1) is 22.5. The molecule has 172 valence electrons. The molecule has 1 amide bonds. The number of hydrogen-bond acceptors (Lipinski definition) is 6. The summed E-state index contributed by atoms with van der Waals surface area (Å²) in [7, 11) is -3.83. The Morgan fingerprint density at radius 3 is 2.39 bits per heavy atom. The number of hydrogen-bond donors (Lipinski definition) is 2. The van der Waals surface area contributed by atoms with Gasteiger partial charge in [-0.3, -0.25) is 9.52 Å². The summed E-state index contributed by atoms with van der Waals surface area (Å²) in [6, 6.07) is 18.3. The number of aryl methyl sites for hydroxylation is 1. The second-order valence-electron chi connectivity index (χ2n) is 7.44. The first-order chi connectivity index (χ1) is 15.9.